The smallest absolute Gasteiger partial charge is 0.0503 e. The van der Waals surface area contributed by atoms with Crippen LogP contribution in [-0.4, -0.2) is 43.8 Å². The van der Waals surface area contributed by atoms with Crippen LogP contribution in [0.3, 0.4) is 0 Å². The van der Waals surface area contributed by atoms with Gasteiger partial charge in [0.05, 0.1) is 6.61 Å². The van der Waals surface area contributed by atoms with Crippen molar-refractivity contribution in [1.29, 1.82) is 0 Å². The van der Waals surface area contributed by atoms with Crippen molar-refractivity contribution in [3.05, 3.63) is 0 Å². The van der Waals surface area contributed by atoms with Crippen molar-refractivity contribution in [2.75, 3.05) is 33.4 Å². The van der Waals surface area contributed by atoms with Crippen LogP contribution in [0.15, 0.2) is 0 Å². The highest BCUT2D eigenvalue weighted by molar-refractivity contribution is 5.01. The zero-order chi connectivity index (χ0) is 13.0. The van der Waals surface area contributed by atoms with E-state index in [4.69, 9.17) is 10.5 Å². The monoisotopic (exact) mass is 254 g/mol. The molecular formula is C15H30N2O. The molecule has 0 bridgehead atoms. The third kappa shape index (κ3) is 2.59. The summed E-state index contributed by atoms with van der Waals surface area (Å²) in [5.41, 5.74) is 6.53. The van der Waals surface area contributed by atoms with Gasteiger partial charge in [-0.2, -0.15) is 0 Å². The predicted octanol–water partition coefficient (Wildman–Crippen LogP) is 2.25. The maximum Gasteiger partial charge on any atom is 0.0503 e. The van der Waals surface area contributed by atoms with E-state index >= 15 is 0 Å². The Kier molecular flexibility index (Phi) is 5.05. The number of nitrogens with zero attached hydrogens (tertiary/aromatic N) is 1. The Balaban J connectivity index is 2.06. The summed E-state index contributed by atoms with van der Waals surface area (Å²) >= 11 is 0. The highest BCUT2D eigenvalue weighted by Gasteiger charge is 2.45. The Hall–Kier alpha value is -0.120. The number of methoxy groups -OCH3 is 1. The van der Waals surface area contributed by atoms with Gasteiger partial charge in [-0.1, -0.05) is 26.2 Å². The van der Waals surface area contributed by atoms with Crippen molar-refractivity contribution in [2.45, 2.75) is 51.0 Å². The number of rotatable bonds is 5. The summed E-state index contributed by atoms with van der Waals surface area (Å²) in [5, 5.41) is 0. The third-order valence-corrected chi connectivity index (χ3v) is 5.34. The Morgan fingerprint density at radius 2 is 2.17 bits per heavy atom. The second-order valence-corrected chi connectivity index (χ2v) is 6.21. The molecule has 3 atom stereocenters. The summed E-state index contributed by atoms with van der Waals surface area (Å²) in [6.07, 6.45) is 8.00. The molecule has 1 aliphatic heterocycles. The molecule has 18 heavy (non-hydrogen) atoms. The average molecular weight is 254 g/mol. The first-order valence-corrected chi connectivity index (χ1v) is 7.71. The number of nitrogens with two attached hydrogens (primary N) is 1. The maximum atomic E-state index is 6.23. The highest BCUT2D eigenvalue weighted by Crippen LogP contribution is 2.42. The molecule has 1 saturated carbocycles. The van der Waals surface area contributed by atoms with Gasteiger partial charge in [0, 0.05) is 25.7 Å². The molecule has 106 valence electrons. The average Bonchev–Trinajstić information content (AvgIpc) is 2.88. The maximum absolute atomic E-state index is 6.23. The predicted molar refractivity (Wildman–Crippen MR) is 75.6 cm³/mol. The van der Waals surface area contributed by atoms with Gasteiger partial charge >= 0.3 is 0 Å². The Labute approximate surface area is 112 Å². The van der Waals surface area contributed by atoms with Crippen molar-refractivity contribution < 1.29 is 4.74 Å². The molecule has 3 nitrogen and oxygen atoms in total. The van der Waals surface area contributed by atoms with E-state index in [2.05, 4.69) is 11.8 Å². The fourth-order valence-electron chi connectivity index (χ4n) is 4.30. The lowest BCUT2D eigenvalue weighted by molar-refractivity contribution is 0.0158. The Morgan fingerprint density at radius 3 is 2.83 bits per heavy atom. The minimum absolute atomic E-state index is 0.301. The molecule has 0 aromatic rings. The van der Waals surface area contributed by atoms with Crippen molar-refractivity contribution in [2.24, 2.45) is 17.6 Å². The molecule has 2 fully saturated rings. The molecule has 1 aliphatic carbocycles. The van der Waals surface area contributed by atoms with E-state index in [1.54, 1.807) is 0 Å². The van der Waals surface area contributed by atoms with E-state index in [1.807, 2.05) is 7.11 Å². The van der Waals surface area contributed by atoms with Crippen LogP contribution >= 0.6 is 0 Å². The minimum Gasteiger partial charge on any atom is -0.384 e. The number of likely N-dealkylation sites (tertiary alicyclic amines) is 1. The molecule has 0 aromatic carbocycles. The van der Waals surface area contributed by atoms with Gasteiger partial charge < -0.3 is 10.5 Å². The Bertz CT molecular complexity index is 259. The van der Waals surface area contributed by atoms with Gasteiger partial charge in [-0.05, 0) is 37.6 Å². The molecule has 3 unspecified atom stereocenters. The highest BCUT2D eigenvalue weighted by atomic mass is 16.5. The van der Waals surface area contributed by atoms with Crippen molar-refractivity contribution in [3.8, 4) is 0 Å². The van der Waals surface area contributed by atoms with E-state index in [0.717, 1.165) is 25.0 Å². The van der Waals surface area contributed by atoms with Crippen LogP contribution in [0.25, 0.3) is 0 Å². The van der Waals surface area contributed by atoms with Crippen LogP contribution in [0.2, 0.25) is 0 Å². The van der Waals surface area contributed by atoms with Crippen molar-refractivity contribution in [3.63, 3.8) is 0 Å². The topological polar surface area (TPSA) is 38.5 Å². The van der Waals surface area contributed by atoms with Crippen molar-refractivity contribution in [1.82, 2.24) is 4.90 Å². The Morgan fingerprint density at radius 1 is 1.33 bits per heavy atom. The quantitative estimate of drug-likeness (QED) is 0.818. The first-order chi connectivity index (χ1) is 8.76. The first kappa shape index (κ1) is 14.3. The normalized spacial score (nSPS) is 38.2. The van der Waals surface area contributed by atoms with E-state index in [0.29, 0.717) is 5.54 Å². The van der Waals surface area contributed by atoms with Crippen LogP contribution in [0.4, 0.5) is 0 Å². The molecule has 2 aliphatic rings. The molecule has 0 spiro atoms. The van der Waals surface area contributed by atoms with E-state index in [9.17, 15) is 0 Å². The summed E-state index contributed by atoms with van der Waals surface area (Å²) in [5.74, 6) is 1.52. The number of ether oxygens (including phenoxy) is 1. The molecule has 1 saturated heterocycles. The third-order valence-electron chi connectivity index (χ3n) is 5.34. The van der Waals surface area contributed by atoms with Gasteiger partial charge in [-0.3, -0.25) is 4.90 Å². The lowest BCUT2D eigenvalue weighted by Gasteiger charge is -2.50. The molecule has 2 N–H and O–H groups in total. The van der Waals surface area contributed by atoms with Gasteiger partial charge in [0.25, 0.3) is 0 Å². The zero-order valence-corrected chi connectivity index (χ0v) is 12.2. The molecule has 0 aromatic heterocycles. The first-order valence-electron chi connectivity index (χ1n) is 7.71. The SMILES string of the molecule is CCC1CCCCC1(CN)N1CCC(COC)C1. The fraction of sp³-hybridized carbons (Fsp3) is 1.00. The van der Waals surface area contributed by atoms with Crippen LogP contribution in [0.1, 0.15) is 45.4 Å². The fourth-order valence-corrected chi connectivity index (χ4v) is 4.30. The van der Waals surface area contributed by atoms with Crippen LogP contribution in [0.5, 0.6) is 0 Å². The molecular weight excluding hydrogens is 224 g/mol. The van der Waals surface area contributed by atoms with Gasteiger partial charge in [-0.15, -0.1) is 0 Å². The molecule has 0 radical (unpaired) electrons. The molecule has 1 heterocycles. The molecule has 0 amide bonds. The standard InChI is InChI=1S/C15H30N2O/c1-3-14-6-4-5-8-15(14,12-16)17-9-7-13(10-17)11-18-2/h13-14H,3-12,16H2,1-2H3. The second kappa shape index (κ2) is 6.36. The summed E-state index contributed by atoms with van der Waals surface area (Å²) in [7, 11) is 1.82. The van der Waals surface area contributed by atoms with Gasteiger partial charge in [0.2, 0.25) is 0 Å². The van der Waals surface area contributed by atoms with Gasteiger partial charge in [0.1, 0.15) is 0 Å². The van der Waals surface area contributed by atoms with E-state index in [-0.39, 0.29) is 0 Å². The lowest BCUT2D eigenvalue weighted by atomic mass is 9.70. The summed E-state index contributed by atoms with van der Waals surface area (Å²) in [4.78, 5) is 2.71. The second-order valence-electron chi connectivity index (χ2n) is 6.21. The number of hydrogen-bond acceptors (Lipinski definition) is 3. The van der Waals surface area contributed by atoms with E-state index < -0.39 is 0 Å². The van der Waals surface area contributed by atoms with Gasteiger partial charge in [0.15, 0.2) is 0 Å². The molecule has 3 heteroatoms. The van der Waals surface area contributed by atoms with Crippen LogP contribution < -0.4 is 5.73 Å². The van der Waals surface area contributed by atoms with Crippen LogP contribution in [-0.2, 0) is 4.74 Å². The van der Waals surface area contributed by atoms with Crippen LogP contribution in [0, 0.1) is 11.8 Å². The lowest BCUT2D eigenvalue weighted by Crippen LogP contribution is -2.59. The van der Waals surface area contributed by atoms with Gasteiger partial charge in [-0.25, -0.2) is 0 Å². The van der Waals surface area contributed by atoms with E-state index in [1.165, 1.54) is 51.6 Å². The zero-order valence-electron chi connectivity index (χ0n) is 12.2. The summed E-state index contributed by atoms with van der Waals surface area (Å²) in [6, 6.07) is 0. The van der Waals surface area contributed by atoms with Crippen molar-refractivity contribution >= 4 is 0 Å². The largest absolute Gasteiger partial charge is 0.384 e. The number of hydrogen-bond donors (Lipinski definition) is 1. The summed E-state index contributed by atoms with van der Waals surface area (Å²) in [6.45, 7) is 6.51. The molecule has 2 rings (SSSR count). The summed E-state index contributed by atoms with van der Waals surface area (Å²) < 4.78 is 5.32. The minimum atomic E-state index is 0.301.